The molecule has 1 heterocycles. The fraction of sp³-hybridized carbons (Fsp3) is 0.900. The van der Waals surface area contributed by atoms with Gasteiger partial charge in [0.25, 0.3) is 0 Å². The van der Waals surface area contributed by atoms with Gasteiger partial charge in [0.2, 0.25) is 10.0 Å². The average Bonchev–Trinajstić information content (AvgIpc) is 2.44. The maximum Gasteiger partial charge on any atom is 0.211 e. The van der Waals surface area contributed by atoms with Crippen molar-refractivity contribution in [1.82, 2.24) is 9.62 Å². The average molecular weight is 245 g/mol. The number of sulfonamides is 1. The van der Waals surface area contributed by atoms with E-state index in [1.165, 1.54) is 0 Å². The number of unbranched alkanes of at least 4 members (excludes halogenated alkanes) is 1. The van der Waals surface area contributed by atoms with Crippen molar-refractivity contribution in [3.05, 3.63) is 0 Å². The molecule has 0 aliphatic carbocycles. The molecule has 1 aliphatic heterocycles. The van der Waals surface area contributed by atoms with E-state index in [2.05, 4.69) is 9.62 Å². The van der Waals surface area contributed by atoms with Gasteiger partial charge in [-0.2, -0.15) is 5.26 Å². The molecule has 0 aromatic rings. The minimum Gasteiger partial charge on any atom is -0.304 e. The molecule has 92 valence electrons. The van der Waals surface area contributed by atoms with Crippen LogP contribution in [0.15, 0.2) is 0 Å². The molecule has 1 saturated heterocycles. The van der Waals surface area contributed by atoms with Crippen molar-refractivity contribution in [2.45, 2.75) is 25.8 Å². The summed E-state index contributed by atoms with van der Waals surface area (Å²) in [6.07, 6.45) is 0.698. The largest absolute Gasteiger partial charge is 0.304 e. The molecule has 1 aliphatic rings. The molecule has 1 N–H and O–H groups in total. The summed E-state index contributed by atoms with van der Waals surface area (Å²) in [5.41, 5.74) is 0. The lowest BCUT2D eigenvalue weighted by atomic mass is 10.1. The molecule has 6 heteroatoms. The van der Waals surface area contributed by atoms with Gasteiger partial charge in [0, 0.05) is 25.6 Å². The normalized spacial score (nSPS) is 26.8. The van der Waals surface area contributed by atoms with E-state index >= 15 is 0 Å². The Morgan fingerprint density at radius 2 is 2.19 bits per heavy atom. The Hall–Kier alpha value is -0.640. The molecule has 0 aromatic heterocycles. The highest BCUT2D eigenvalue weighted by Gasteiger charge is 2.30. The van der Waals surface area contributed by atoms with E-state index < -0.39 is 10.0 Å². The summed E-state index contributed by atoms with van der Waals surface area (Å²) in [5.74, 6) is 0.392. The summed E-state index contributed by atoms with van der Waals surface area (Å²) in [4.78, 5) is 2.12. The highest BCUT2D eigenvalue weighted by Crippen LogP contribution is 2.15. The van der Waals surface area contributed by atoms with E-state index in [9.17, 15) is 8.42 Å². The molecule has 0 amide bonds. The third-order valence-electron chi connectivity index (χ3n) is 2.83. The maximum atomic E-state index is 11.7. The van der Waals surface area contributed by atoms with Gasteiger partial charge < -0.3 is 4.90 Å². The highest BCUT2D eigenvalue weighted by molar-refractivity contribution is 7.89. The Kier molecular flexibility index (Phi) is 4.71. The first-order chi connectivity index (χ1) is 7.44. The zero-order chi connectivity index (χ0) is 12.2. The van der Waals surface area contributed by atoms with Crippen LogP contribution in [0.5, 0.6) is 0 Å². The van der Waals surface area contributed by atoms with Gasteiger partial charge >= 0.3 is 0 Å². The van der Waals surface area contributed by atoms with Gasteiger partial charge in [-0.3, -0.25) is 0 Å². The van der Waals surface area contributed by atoms with E-state index in [0.717, 1.165) is 13.1 Å². The van der Waals surface area contributed by atoms with Crippen LogP contribution in [0.4, 0.5) is 0 Å². The Labute approximate surface area is 97.5 Å². The van der Waals surface area contributed by atoms with Crippen LogP contribution >= 0.6 is 0 Å². The van der Waals surface area contributed by atoms with Gasteiger partial charge in [-0.25, -0.2) is 13.1 Å². The lowest BCUT2D eigenvalue weighted by Gasteiger charge is -2.16. The van der Waals surface area contributed by atoms with Gasteiger partial charge in [-0.1, -0.05) is 6.92 Å². The molecule has 0 spiro atoms. The van der Waals surface area contributed by atoms with Crippen molar-refractivity contribution in [2.24, 2.45) is 5.92 Å². The number of nitrogens with zero attached hydrogens (tertiary/aromatic N) is 2. The van der Waals surface area contributed by atoms with E-state index in [-0.39, 0.29) is 11.8 Å². The smallest absolute Gasteiger partial charge is 0.211 e. The summed E-state index contributed by atoms with van der Waals surface area (Å²) in [5, 5.41) is 8.35. The standard InChI is InChI=1S/C10H19N3O2S/c1-9-7-13(2)8-10(9)12-16(14,15)6-4-3-5-11/h9-10,12H,3-4,6-8H2,1-2H3. The predicted molar refractivity (Wildman–Crippen MR) is 62.2 cm³/mol. The van der Waals surface area contributed by atoms with Crippen molar-refractivity contribution < 1.29 is 8.42 Å². The number of nitriles is 1. The van der Waals surface area contributed by atoms with Gasteiger partial charge in [0.15, 0.2) is 0 Å². The molecule has 2 atom stereocenters. The molecule has 0 saturated carbocycles. The fourth-order valence-corrected chi connectivity index (χ4v) is 3.40. The van der Waals surface area contributed by atoms with E-state index in [1.807, 2.05) is 20.0 Å². The van der Waals surface area contributed by atoms with Gasteiger partial charge in [-0.05, 0) is 19.4 Å². The fourth-order valence-electron chi connectivity index (χ4n) is 1.99. The quantitative estimate of drug-likeness (QED) is 0.700. The number of likely N-dealkylation sites (N-methyl/N-ethyl adjacent to an activating group) is 1. The third-order valence-corrected chi connectivity index (χ3v) is 4.32. The number of nitrogens with one attached hydrogen (secondary N) is 1. The van der Waals surface area contributed by atoms with Crippen LogP contribution in [0.1, 0.15) is 19.8 Å². The molecule has 5 nitrogen and oxygen atoms in total. The van der Waals surface area contributed by atoms with Gasteiger partial charge in [0.1, 0.15) is 0 Å². The first kappa shape index (κ1) is 13.4. The van der Waals surface area contributed by atoms with Crippen LogP contribution < -0.4 is 4.72 Å². The van der Waals surface area contributed by atoms with E-state index in [4.69, 9.17) is 5.26 Å². The molecular formula is C10H19N3O2S. The number of rotatable bonds is 5. The van der Waals surface area contributed by atoms with Gasteiger partial charge in [-0.15, -0.1) is 0 Å². The molecule has 0 bridgehead atoms. The predicted octanol–water partition coefficient (Wildman–Crippen LogP) is 0.160. The first-order valence-corrected chi connectivity index (χ1v) is 7.15. The van der Waals surface area contributed by atoms with Crippen LogP contribution in [-0.2, 0) is 10.0 Å². The monoisotopic (exact) mass is 245 g/mol. The second-order valence-corrected chi connectivity index (χ2v) is 6.38. The zero-order valence-corrected chi connectivity index (χ0v) is 10.6. The first-order valence-electron chi connectivity index (χ1n) is 5.50. The maximum absolute atomic E-state index is 11.7. The lowest BCUT2D eigenvalue weighted by Crippen LogP contribution is -2.40. The zero-order valence-electron chi connectivity index (χ0n) is 9.81. The Bertz CT molecular complexity index is 361. The number of hydrogen-bond donors (Lipinski definition) is 1. The van der Waals surface area contributed by atoms with E-state index in [0.29, 0.717) is 18.8 Å². The van der Waals surface area contributed by atoms with E-state index in [1.54, 1.807) is 0 Å². The summed E-state index contributed by atoms with van der Waals surface area (Å²) in [6, 6.07) is 1.96. The van der Waals surface area contributed by atoms with Crippen molar-refractivity contribution in [2.75, 3.05) is 25.9 Å². The summed E-state index contributed by atoms with van der Waals surface area (Å²) in [6.45, 7) is 3.73. The van der Waals surface area contributed by atoms with Crippen LogP contribution in [-0.4, -0.2) is 45.2 Å². The molecule has 16 heavy (non-hydrogen) atoms. The molecule has 1 rings (SSSR count). The second kappa shape index (κ2) is 5.62. The van der Waals surface area contributed by atoms with Crippen molar-refractivity contribution in [1.29, 1.82) is 5.26 Å². The molecular weight excluding hydrogens is 226 g/mol. The van der Waals surface area contributed by atoms with Crippen LogP contribution in [0.3, 0.4) is 0 Å². The summed E-state index contributed by atoms with van der Waals surface area (Å²) < 4.78 is 26.1. The number of likely N-dealkylation sites (tertiary alicyclic amines) is 1. The SMILES string of the molecule is CC1CN(C)CC1NS(=O)(=O)CCCC#N. The second-order valence-electron chi connectivity index (χ2n) is 4.50. The lowest BCUT2D eigenvalue weighted by molar-refractivity contribution is 0.400. The molecule has 1 fully saturated rings. The van der Waals surface area contributed by atoms with Gasteiger partial charge in [0.05, 0.1) is 11.8 Å². The summed E-state index contributed by atoms with van der Waals surface area (Å²) in [7, 11) is -1.23. The highest BCUT2D eigenvalue weighted by atomic mass is 32.2. The van der Waals surface area contributed by atoms with Crippen LogP contribution in [0.2, 0.25) is 0 Å². The summed E-state index contributed by atoms with van der Waals surface area (Å²) >= 11 is 0. The third kappa shape index (κ3) is 4.08. The van der Waals surface area contributed by atoms with Crippen molar-refractivity contribution in [3.63, 3.8) is 0 Å². The Morgan fingerprint density at radius 1 is 1.50 bits per heavy atom. The molecule has 0 radical (unpaired) electrons. The number of hydrogen-bond acceptors (Lipinski definition) is 4. The Balaban J connectivity index is 2.44. The minimum atomic E-state index is -3.22. The van der Waals surface area contributed by atoms with Crippen LogP contribution in [0.25, 0.3) is 0 Å². The minimum absolute atomic E-state index is 0.0112. The topological polar surface area (TPSA) is 73.2 Å². The Morgan fingerprint density at radius 3 is 2.69 bits per heavy atom. The van der Waals surface area contributed by atoms with Crippen molar-refractivity contribution >= 4 is 10.0 Å². The molecule has 2 unspecified atom stereocenters. The molecule has 0 aromatic carbocycles. The van der Waals surface area contributed by atoms with Crippen molar-refractivity contribution in [3.8, 4) is 6.07 Å². The van der Waals surface area contributed by atoms with Crippen LogP contribution in [0, 0.1) is 17.2 Å².